The van der Waals surface area contributed by atoms with Gasteiger partial charge in [0.15, 0.2) is 0 Å². The number of carbonyl (C=O) groups excluding carboxylic acids is 1. The first-order chi connectivity index (χ1) is 8.41. The topological polar surface area (TPSA) is 49.3 Å². The van der Waals surface area contributed by atoms with Crippen LogP contribution in [0.2, 0.25) is 0 Å². The monoisotopic (exact) mass is 255 g/mol. The molecule has 5 heteroatoms. The summed E-state index contributed by atoms with van der Waals surface area (Å²) in [4.78, 5) is 11.7. The van der Waals surface area contributed by atoms with Gasteiger partial charge in [-0.3, -0.25) is 4.79 Å². The van der Waals surface area contributed by atoms with Crippen molar-refractivity contribution in [3.05, 3.63) is 34.9 Å². The second-order valence-electron chi connectivity index (χ2n) is 4.84. The zero-order valence-electron chi connectivity index (χ0n) is 10.1. The SMILES string of the molecule is Cc1cc(F)c(C(=O)NCC2(O)CCC2)cc1F. The molecule has 1 aliphatic carbocycles. The summed E-state index contributed by atoms with van der Waals surface area (Å²) in [5.74, 6) is -2.08. The van der Waals surface area contributed by atoms with Crippen molar-refractivity contribution in [2.24, 2.45) is 0 Å². The summed E-state index contributed by atoms with van der Waals surface area (Å²) in [6, 6.07) is 1.87. The summed E-state index contributed by atoms with van der Waals surface area (Å²) in [5.41, 5.74) is -1.06. The maximum absolute atomic E-state index is 13.5. The van der Waals surface area contributed by atoms with Crippen LogP contribution in [0.3, 0.4) is 0 Å². The fourth-order valence-corrected chi connectivity index (χ4v) is 1.92. The van der Waals surface area contributed by atoms with Crippen LogP contribution in [0, 0.1) is 18.6 Å². The van der Waals surface area contributed by atoms with E-state index in [4.69, 9.17) is 0 Å². The molecule has 2 N–H and O–H groups in total. The van der Waals surface area contributed by atoms with Crippen molar-refractivity contribution in [1.29, 1.82) is 0 Å². The average molecular weight is 255 g/mol. The minimum absolute atomic E-state index is 0.0702. The third-order valence-electron chi connectivity index (χ3n) is 3.36. The fraction of sp³-hybridized carbons (Fsp3) is 0.462. The smallest absolute Gasteiger partial charge is 0.254 e. The number of hydrogen-bond donors (Lipinski definition) is 2. The zero-order chi connectivity index (χ0) is 13.3. The van der Waals surface area contributed by atoms with Gasteiger partial charge < -0.3 is 10.4 Å². The molecule has 0 spiro atoms. The Morgan fingerprint density at radius 2 is 2.06 bits per heavy atom. The summed E-state index contributed by atoms with van der Waals surface area (Å²) >= 11 is 0. The summed E-state index contributed by atoms with van der Waals surface area (Å²) < 4.78 is 26.8. The third-order valence-corrected chi connectivity index (χ3v) is 3.36. The fourth-order valence-electron chi connectivity index (χ4n) is 1.92. The minimum atomic E-state index is -0.880. The normalized spacial score (nSPS) is 17.1. The van der Waals surface area contributed by atoms with Gasteiger partial charge in [0.2, 0.25) is 0 Å². The number of amides is 1. The van der Waals surface area contributed by atoms with E-state index in [-0.39, 0.29) is 17.7 Å². The number of rotatable bonds is 3. The quantitative estimate of drug-likeness (QED) is 0.867. The van der Waals surface area contributed by atoms with Crippen LogP contribution in [0.5, 0.6) is 0 Å². The Hall–Kier alpha value is -1.49. The number of nitrogens with one attached hydrogen (secondary N) is 1. The predicted molar refractivity (Wildman–Crippen MR) is 62.2 cm³/mol. The maximum atomic E-state index is 13.5. The Kier molecular flexibility index (Phi) is 3.34. The van der Waals surface area contributed by atoms with Crippen molar-refractivity contribution in [2.45, 2.75) is 31.8 Å². The van der Waals surface area contributed by atoms with Crippen LogP contribution in [0.1, 0.15) is 35.2 Å². The molecular formula is C13H15F2NO2. The molecule has 2 rings (SSSR count). The Morgan fingerprint density at radius 3 is 2.61 bits per heavy atom. The molecule has 1 aliphatic rings. The van der Waals surface area contributed by atoms with E-state index in [1.807, 2.05) is 0 Å². The van der Waals surface area contributed by atoms with E-state index in [0.29, 0.717) is 12.8 Å². The van der Waals surface area contributed by atoms with Gasteiger partial charge in [0.05, 0.1) is 11.2 Å². The lowest BCUT2D eigenvalue weighted by Crippen LogP contribution is -2.47. The molecule has 0 bridgehead atoms. The van der Waals surface area contributed by atoms with Crippen molar-refractivity contribution in [3.8, 4) is 0 Å². The zero-order valence-corrected chi connectivity index (χ0v) is 10.1. The number of aryl methyl sites for hydroxylation is 1. The number of carbonyl (C=O) groups is 1. The van der Waals surface area contributed by atoms with Gasteiger partial charge in [0.1, 0.15) is 11.6 Å². The van der Waals surface area contributed by atoms with Crippen LogP contribution in [-0.2, 0) is 0 Å². The van der Waals surface area contributed by atoms with Crippen LogP contribution in [-0.4, -0.2) is 23.2 Å². The number of hydrogen-bond acceptors (Lipinski definition) is 2. The van der Waals surface area contributed by atoms with E-state index in [0.717, 1.165) is 18.6 Å². The van der Waals surface area contributed by atoms with E-state index in [1.54, 1.807) is 0 Å². The van der Waals surface area contributed by atoms with Gasteiger partial charge in [-0.2, -0.15) is 0 Å². The first-order valence-electron chi connectivity index (χ1n) is 5.87. The van der Waals surface area contributed by atoms with Crippen molar-refractivity contribution < 1.29 is 18.7 Å². The molecule has 1 amide bonds. The number of benzene rings is 1. The first kappa shape index (κ1) is 13.0. The molecule has 0 saturated heterocycles. The summed E-state index contributed by atoms with van der Waals surface area (Å²) in [5, 5.41) is 12.2. The minimum Gasteiger partial charge on any atom is -0.388 e. The van der Waals surface area contributed by atoms with Gasteiger partial charge in [-0.1, -0.05) is 0 Å². The molecule has 98 valence electrons. The highest BCUT2D eigenvalue weighted by molar-refractivity contribution is 5.94. The van der Waals surface area contributed by atoms with Crippen molar-refractivity contribution >= 4 is 5.91 Å². The average Bonchev–Trinajstić information content (AvgIpc) is 2.28. The first-order valence-corrected chi connectivity index (χ1v) is 5.87. The van der Waals surface area contributed by atoms with Gasteiger partial charge >= 0.3 is 0 Å². The predicted octanol–water partition coefficient (Wildman–Crippen LogP) is 1.92. The molecular weight excluding hydrogens is 240 g/mol. The van der Waals surface area contributed by atoms with E-state index >= 15 is 0 Å². The van der Waals surface area contributed by atoms with Crippen LogP contribution >= 0.6 is 0 Å². The van der Waals surface area contributed by atoms with E-state index in [9.17, 15) is 18.7 Å². The lowest BCUT2D eigenvalue weighted by Gasteiger charge is -2.36. The molecule has 0 heterocycles. The Balaban J connectivity index is 2.06. The van der Waals surface area contributed by atoms with Gasteiger partial charge in [-0.25, -0.2) is 8.78 Å². The molecule has 1 saturated carbocycles. The second kappa shape index (κ2) is 4.65. The highest BCUT2D eigenvalue weighted by Gasteiger charge is 2.34. The Morgan fingerprint density at radius 1 is 1.39 bits per heavy atom. The highest BCUT2D eigenvalue weighted by Crippen LogP contribution is 2.30. The van der Waals surface area contributed by atoms with Crippen LogP contribution in [0.25, 0.3) is 0 Å². The van der Waals surface area contributed by atoms with E-state index in [1.165, 1.54) is 6.92 Å². The lowest BCUT2D eigenvalue weighted by molar-refractivity contribution is -0.0300. The van der Waals surface area contributed by atoms with Crippen molar-refractivity contribution in [3.63, 3.8) is 0 Å². The number of halogens is 2. The molecule has 1 aromatic carbocycles. The molecule has 3 nitrogen and oxygen atoms in total. The highest BCUT2D eigenvalue weighted by atomic mass is 19.1. The van der Waals surface area contributed by atoms with E-state index in [2.05, 4.69) is 5.32 Å². The summed E-state index contributed by atoms with van der Waals surface area (Å²) in [7, 11) is 0. The standard InChI is InChI=1S/C13H15F2NO2/c1-8-5-11(15)9(6-10(8)14)12(17)16-7-13(18)3-2-4-13/h5-6,18H,2-4,7H2,1H3,(H,16,17). The third kappa shape index (κ3) is 2.51. The van der Waals surface area contributed by atoms with Crippen LogP contribution in [0.15, 0.2) is 12.1 Å². The van der Waals surface area contributed by atoms with Gasteiger partial charge in [-0.15, -0.1) is 0 Å². The Bertz CT molecular complexity index is 484. The molecule has 0 aliphatic heterocycles. The molecule has 0 unspecified atom stereocenters. The van der Waals surface area contributed by atoms with Gasteiger partial charge in [0.25, 0.3) is 5.91 Å². The molecule has 18 heavy (non-hydrogen) atoms. The largest absolute Gasteiger partial charge is 0.388 e. The van der Waals surface area contributed by atoms with Crippen molar-refractivity contribution in [1.82, 2.24) is 5.32 Å². The molecule has 0 atom stereocenters. The number of aliphatic hydroxyl groups is 1. The summed E-state index contributed by atoms with van der Waals surface area (Å²) in [6.45, 7) is 1.50. The van der Waals surface area contributed by atoms with Gasteiger partial charge in [0, 0.05) is 6.54 Å². The lowest BCUT2D eigenvalue weighted by atomic mass is 9.80. The van der Waals surface area contributed by atoms with Gasteiger partial charge in [-0.05, 0) is 43.9 Å². The Labute approximate surface area is 104 Å². The van der Waals surface area contributed by atoms with E-state index < -0.39 is 23.1 Å². The summed E-state index contributed by atoms with van der Waals surface area (Å²) in [6.07, 6.45) is 2.16. The van der Waals surface area contributed by atoms with Crippen molar-refractivity contribution in [2.75, 3.05) is 6.54 Å². The molecule has 0 radical (unpaired) electrons. The van der Waals surface area contributed by atoms with Crippen LogP contribution < -0.4 is 5.32 Å². The van der Waals surface area contributed by atoms with Crippen LogP contribution in [0.4, 0.5) is 8.78 Å². The molecule has 1 fully saturated rings. The molecule has 1 aromatic rings. The second-order valence-corrected chi connectivity index (χ2v) is 4.84. The molecule has 0 aromatic heterocycles. The maximum Gasteiger partial charge on any atom is 0.254 e.